The smallest absolute Gasteiger partial charge is 0.343 e. The number of aromatic hydroxyl groups is 1. The van der Waals surface area contributed by atoms with Crippen molar-refractivity contribution in [3.63, 3.8) is 0 Å². The number of phenolic OH excluding ortho intramolecular Hbond substituents is 1. The Morgan fingerprint density at radius 3 is 2.29 bits per heavy atom. The second-order valence-electron chi connectivity index (χ2n) is 7.30. The van der Waals surface area contributed by atoms with Gasteiger partial charge in [-0.25, -0.2) is 4.79 Å². The molecule has 0 fully saturated rings. The van der Waals surface area contributed by atoms with Gasteiger partial charge in [0.05, 0.1) is 16.5 Å². The molecule has 5 rings (SSSR count). The molecular formula is C25H16O6. The number of fused-ring (bicyclic) bond motifs is 3. The molecule has 4 aromatic rings. The minimum Gasteiger partial charge on any atom is -0.507 e. The van der Waals surface area contributed by atoms with Crippen LogP contribution in [0.25, 0.3) is 11.0 Å². The third kappa shape index (κ3) is 3.00. The Bertz CT molecular complexity index is 1390. The van der Waals surface area contributed by atoms with E-state index in [1.807, 2.05) is 0 Å². The maximum Gasteiger partial charge on any atom is 0.343 e. The van der Waals surface area contributed by atoms with Gasteiger partial charge in [0, 0.05) is 5.92 Å². The lowest BCUT2D eigenvalue weighted by atomic mass is 9.75. The molecule has 6 nitrogen and oxygen atoms in total. The molecular weight excluding hydrogens is 396 g/mol. The summed E-state index contributed by atoms with van der Waals surface area (Å²) in [7, 11) is 0. The monoisotopic (exact) mass is 412 g/mol. The molecule has 3 aromatic carbocycles. The molecule has 1 aliphatic rings. The van der Waals surface area contributed by atoms with Gasteiger partial charge in [-0.3, -0.25) is 9.59 Å². The van der Waals surface area contributed by atoms with Crippen molar-refractivity contribution in [3.05, 3.63) is 106 Å². The standard InChI is InChI=1S/C25H16O6/c26-17-12-6-4-10-15(17)22(27)20-19(14-8-2-1-3-9-14)21-23(31-24(20)28)16-11-5-7-13-18(16)30-25(21)29/h1-13,19-20,26H/t19-,20+/m1/s1. The minimum atomic E-state index is -1.35. The Morgan fingerprint density at radius 1 is 0.839 bits per heavy atom. The van der Waals surface area contributed by atoms with Gasteiger partial charge < -0.3 is 14.3 Å². The molecule has 0 saturated heterocycles. The van der Waals surface area contributed by atoms with Crippen LogP contribution in [0.2, 0.25) is 0 Å². The molecule has 2 heterocycles. The van der Waals surface area contributed by atoms with Crippen molar-refractivity contribution in [2.24, 2.45) is 5.92 Å². The van der Waals surface area contributed by atoms with E-state index in [0.29, 0.717) is 10.9 Å². The summed E-state index contributed by atoms with van der Waals surface area (Å²) >= 11 is 0. The average Bonchev–Trinajstić information content (AvgIpc) is 2.79. The van der Waals surface area contributed by atoms with Gasteiger partial charge in [-0.1, -0.05) is 54.6 Å². The van der Waals surface area contributed by atoms with Gasteiger partial charge in [0.2, 0.25) is 0 Å². The molecule has 0 spiro atoms. The van der Waals surface area contributed by atoms with Gasteiger partial charge >= 0.3 is 11.6 Å². The highest BCUT2D eigenvalue weighted by atomic mass is 16.5. The van der Waals surface area contributed by atoms with Crippen LogP contribution >= 0.6 is 0 Å². The van der Waals surface area contributed by atoms with Crippen molar-refractivity contribution in [2.75, 3.05) is 0 Å². The van der Waals surface area contributed by atoms with Crippen LogP contribution in [0.5, 0.6) is 11.5 Å². The number of para-hydroxylation sites is 2. The zero-order valence-corrected chi connectivity index (χ0v) is 16.1. The largest absolute Gasteiger partial charge is 0.507 e. The number of rotatable bonds is 3. The van der Waals surface area contributed by atoms with E-state index in [4.69, 9.17) is 9.15 Å². The van der Waals surface area contributed by atoms with Gasteiger partial charge in [-0.05, 0) is 29.8 Å². The molecule has 152 valence electrons. The second-order valence-corrected chi connectivity index (χ2v) is 7.30. The molecule has 1 N–H and O–H groups in total. The van der Waals surface area contributed by atoms with Crippen molar-refractivity contribution >= 4 is 22.7 Å². The molecule has 0 amide bonds. The molecule has 1 aromatic heterocycles. The summed E-state index contributed by atoms with van der Waals surface area (Å²) in [6, 6.07) is 21.5. The topological polar surface area (TPSA) is 93.8 Å². The highest BCUT2D eigenvalue weighted by Crippen LogP contribution is 2.45. The number of ether oxygens (including phenoxy) is 1. The third-order valence-electron chi connectivity index (χ3n) is 5.51. The first-order valence-corrected chi connectivity index (χ1v) is 9.71. The Balaban J connectivity index is 1.79. The van der Waals surface area contributed by atoms with Crippen LogP contribution in [0.1, 0.15) is 27.4 Å². The van der Waals surface area contributed by atoms with Crippen molar-refractivity contribution in [3.8, 4) is 11.5 Å². The fourth-order valence-electron chi connectivity index (χ4n) is 4.11. The van der Waals surface area contributed by atoms with Gasteiger partial charge in [-0.2, -0.15) is 0 Å². The second kappa shape index (κ2) is 7.25. The Hall–Kier alpha value is -4.19. The number of hydrogen-bond donors (Lipinski definition) is 1. The summed E-state index contributed by atoms with van der Waals surface area (Å²) < 4.78 is 11.1. The van der Waals surface area contributed by atoms with Gasteiger partial charge in [0.1, 0.15) is 17.3 Å². The van der Waals surface area contributed by atoms with Crippen LogP contribution in [-0.4, -0.2) is 16.9 Å². The first-order chi connectivity index (χ1) is 15.1. The quantitative estimate of drug-likeness (QED) is 0.236. The predicted octanol–water partition coefficient (Wildman–Crippen LogP) is 4.05. The van der Waals surface area contributed by atoms with Crippen molar-refractivity contribution in [1.82, 2.24) is 0 Å². The van der Waals surface area contributed by atoms with E-state index in [9.17, 15) is 19.5 Å². The molecule has 0 aliphatic carbocycles. The van der Waals surface area contributed by atoms with Crippen LogP contribution < -0.4 is 10.4 Å². The first kappa shape index (κ1) is 18.8. The molecule has 31 heavy (non-hydrogen) atoms. The summed E-state index contributed by atoms with van der Waals surface area (Å²) in [6.07, 6.45) is 0. The summed E-state index contributed by atoms with van der Waals surface area (Å²) in [4.78, 5) is 39.6. The molecule has 6 heteroatoms. The maximum atomic E-state index is 13.4. The fourth-order valence-corrected chi connectivity index (χ4v) is 4.11. The van der Waals surface area contributed by atoms with Crippen molar-refractivity contribution < 1.29 is 23.8 Å². The van der Waals surface area contributed by atoms with Crippen molar-refractivity contribution in [2.45, 2.75) is 5.92 Å². The Kier molecular flexibility index (Phi) is 4.40. The van der Waals surface area contributed by atoms with Crippen LogP contribution in [0.15, 0.2) is 88.1 Å². The van der Waals surface area contributed by atoms with E-state index in [1.165, 1.54) is 12.1 Å². The fraction of sp³-hybridized carbons (Fsp3) is 0.0800. The molecule has 0 saturated carbocycles. The maximum absolute atomic E-state index is 13.4. The number of Topliss-reactive ketones (excluding diaryl/α,β-unsaturated/α-hetero) is 1. The van der Waals surface area contributed by atoms with Crippen LogP contribution in [0, 0.1) is 5.92 Å². The van der Waals surface area contributed by atoms with Gasteiger partial charge in [-0.15, -0.1) is 0 Å². The molecule has 0 radical (unpaired) electrons. The Labute approximate surface area is 176 Å². The van der Waals surface area contributed by atoms with E-state index < -0.39 is 29.2 Å². The zero-order valence-electron chi connectivity index (χ0n) is 16.1. The van der Waals surface area contributed by atoms with E-state index in [1.54, 1.807) is 66.7 Å². The van der Waals surface area contributed by atoms with E-state index >= 15 is 0 Å². The highest BCUT2D eigenvalue weighted by molar-refractivity contribution is 6.12. The lowest BCUT2D eigenvalue weighted by Gasteiger charge is -2.31. The van der Waals surface area contributed by atoms with E-state index in [-0.39, 0.29) is 28.2 Å². The summed E-state index contributed by atoms with van der Waals surface area (Å²) in [5, 5.41) is 10.7. The van der Waals surface area contributed by atoms with E-state index in [2.05, 4.69) is 0 Å². The number of carbonyl (C=O) groups excluding carboxylic acids is 2. The number of carbonyl (C=O) groups is 2. The van der Waals surface area contributed by atoms with Crippen molar-refractivity contribution in [1.29, 1.82) is 0 Å². The first-order valence-electron chi connectivity index (χ1n) is 9.71. The minimum absolute atomic E-state index is 0.0148. The van der Waals surface area contributed by atoms with Crippen LogP contribution in [-0.2, 0) is 4.79 Å². The predicted molar refractivity (Wildman–Crippen MR) is 112 cm³/mol. The number of phenols is 1. The zero-order chi connectivity index (χ0) is 21.5. The number of benzene rings is 3. The van der Waals surface area contributed by atoms with Crippen LogP contribution in [0.3, 0.4) is 0 Å². The molecule has 0 unspecified atom stereocenters. The third-order valence-corrected chi connectivity index (χ3v) is 5.51. The summed E-state index contributed by atoms with van der Waals surface area (Å²) in [5.41, 5.74) is 0.301. The summed E-state index contributed by atoms with van der Waals surface area (Å²) in [6.45, 7) is 0. The van der Waals surface area contributed by atoms with Gasteiger partial charge in [0.15, 0.2) is 11.5 Å². The number of ketones is 1. The van der Waals surface area contributed by atoms with Gasteiger partial charge in [0.25, 0.3) is 0 Å². The van der Waals surface area contributed by atoms with E-state index in [0.717, 1.165) is 0 Å². The normalized spacial score (nSPS) is 17.7. The number of esters is 1. The molecule has 2 atom stereocenters. The lowest BCUT2D eigenvalue weighted by Crippen LogP contribution is -2.40. The summed E-state index contributed by atoms with van der Waals surface area (Å²) in [5.74, 6) is -3.84. The lowest BCUT2D eigenvalue weighted by molar-refractivity contribution is -0.138. The number of hydrogen-bond acceptors (Lipinski definition) is 6. The Morgan fingerprint density at radius 2 is 1.52 bits per heavy atom. The average molecular weight is 412 g/mol. The molecule has 1 aliphatic heterocycles. The molecule has 0 bridgehead atoms. The SMILES string of the molecule is O=C1Oc2c(c(=O)oc3ccccc23)[C@H](c2ccccc2)[C@H]1C(=O)c1ccccc1O. The highest BCUT2D eigenvalue weighted by Gasteiger charge is 2.46. The van der Waals surface area contributed by atoms with Crippen LogP contribution in [0.4, 0.5) is 0 Å².